The van der Waals surface area contributed by atoms with E-state index >= 15 is 0 Å². The van der Waals surface area contributed by atoms with E-state index in [2.05, 4.69) is 5.32 Å². The Balaban J connectivity index is 1.65. The Morgan fingerprint density at radius 1 is 1.10 bits per heavy atom. The number of benzene rings is 1. The maximum Gasteiger partial charge on any atom is 0.262 e. The molecule has 0 aliphatic carbocycles. The van der Waals surface area contributed by atoms with Crippen molar-refractivity contribution < 1.29 is 14.4 Å². The fourth-order valence-corrected chi connectivity index (χ4v) is 2.84. The highest BCUT2D eigenvalue weighted by molar-refractivity contribution is 7.07. The molecular formula is C15H12N2O3S. The van der Waals surface area contributed by atoms with E-state index < -0.39 is 11.8 Å². The Morgan fingerprint density at radius 3 is 2.33 bits per heavy atom. The second-order valence-corrected chi connectivity index (χ2v) is 5.43. The monoisotopic (exact) mass is 300 g/mol. The number of rotatable bonds is 4. The number of amides is 3. The Kier molecular flexibility index (Phi) is 3.53. The minimum atomic E-state index is -0.415. The summed E-state index contributed by atoms with van der Waals surface area (Å²) >= 11 is 1.55. The largest absolute Gasteiger partial charge is 0.350 e. The standard InChI is InChI=1S/C15H12N2O3S/c18-13(16-7-10-5-6-21-9-10)8-17-14(19)11-3-1-2-4-12(11)15(17)20/h1-6,9H,7-8H2,(H,16,18). The first kappa shape index (κ1) is 13.5. The molecule has 106 valence electrons. The van der Waals surface area contributed by atoms with Crippen LogP contribution in [0.5, 0.6) is 0 Å². The molecule has 3 amide bonds. The van der Waals surface area contributed by atoms with Crippen molar-refractivity contribution in [2.75, 3.05) is 6.54 Å². The summed E-state index contributed by atoms with van der Waals surface area (Å²) in [6, 6.07) is 8.50. The van der Waals surface area contributed by atoms with E-state index in [9.17, 15) is 14.4 Å². The lowest BCUT2D eigenvalue weighted by molar-refractivity contribution is -0.121. The minimum absolute atomic E-state index is 0.253. The van der Waals surface area contributed by atoms with Gasteiger partial charge in [0.05, 0.1) is 11.1 Å². The Bertz CT molecular complexity index is 674. The number of hydrogen-bond donors (Lipinski definition) is 1. The van der Waals surface area contributed by atoms with Gasteiger partial charge in [-0.1, -0.05) is 12.1 Å². The van der Waals surface area contributed by atoms with Crippen molar-refractivity contribution in [3.8, 4) is 0 Å². The maximum absolute atomic E-state index is 12.1. The van der Waals surface area contributed by atoms with Gasteiger partial charge in [0.25, 0.3) is 11.8 Å². The quantitative estimate of drug-likeness (QED) is 0.873. The molecule has 1 aliphatic heterocycles. The third-order valence-corrected chi connectivity index (χ3v) is 3.98. The van der Waals surface area contributed by atoms with E-state index in [0.717, 1.165) is 10.5 Å². The van der Waals surface area contributed by atoms with Crippen LogP contribution in [0.15, 0.2) is 41.1 Å². The number of imide groups is 1. The molecule has 0 radical (unpaired) electrons. The van der Waals surface area contributed by atoms with Crippen LogP contribution < -0.4 is 5.32 Å². The smallest absolute Gasteiger partial charge is 0.262 e. The van der Waals surface area contributed by atoms with E-state index in [1.54, 1.807) is 35.6 Å². The second-order valence-electron chi connectivity index (χ2n) is 4.65. The zero-order valence-electron chi connectivity index (χ0n) is 11.0. The van der Waals surface area contributed by atoms with E-state index in [-0.39, 0.29) is 12.5 Å². The van der Waals surface area contributed by atoms with Crippen molar-refractivity contribution in [2.45, 2.75) is 6.54 Å². The van der Waals surface area contributed by atoms with Crippen LogP contribution in [0.1, 0.15) is 26.3 Å². The predicted octanol–water partition coefficient (Wildman–Crippen LogP) is 1.66. The summed E-state index contributed by atoms with van der Waals surface area (Å²) in [4.78, 5) is 37.1. The summed E-state index contributed by atoms with van der Waals surface area (Å²) in [5.74, 6) is -1.18. The van der Waals surface area contributed by atoms with Gasteiger partial charge >= 0.3 is 0 Å². The Labute approximate surface area is 125 Å². The van der Waals surface area contributed by atoms with Gasteiger partial charge in [-0.3, -0.25) is 19.3 Å². The van der Waals surface area contributed by atoms with Gasteiger partial charge in [-0.25, -0.2) is 0 Å². The van der Waals surface area contributed by atoms with Gasteiger partial charge in [-0.2, -0.15) is 11.3 Å². The number of fused-ring (bicyclic) bond motifs is 1. The molecule has 1 N–H and O–H groups in total. The first-order chi connectivity index (χ1) is 10.2. The fraction of sp³-hybridized carbons (Fsp3) is 0.133. The molecule has 1 aliphatic rings. The second kappa shape index (κ2) is 5.49. The molecule has 1 aromatic carbocycles. The van der Waals surface area contributed by atoms with Gasteiger partial charge < -0.3 is 5.32 Å². The van der Waals surface area contributed by atoms with E-state index in [0.29, 0.717) is 17.7 Å². The van der Waals surface area contributed by atoms with Crippen LogP contribution in [0, 0.1) is 0 Å². The summed E-state index contributed by atoms with van der Waals surface area (Å²) in [5, 5.41) is 6.56. The molecule has 0 saturated heterocycles. The van der Waals surface area contributed by atoms with Crippen molar-refractivity contribution in [1.29, 1.82) is 0 Å². The van der Waals surface area contributed by atoms with Gasteiger partial charge in [0.2, 0.25) is 5.91 Å². The highest BCUT2D eigenvalue weighted by atomic mass is 32.1. The maximum atomic E-state index is 12.1. The minimum Gasteiger partial charge on any atom is -0.350 e. The molecule has 1 aromatic heterocycles. The van der Waals surface area contributed by atoms with Crippen molar-refractivity contribution >= 4 is 29.1 Å². The lowest BCUT2D eigenvalue weighted by atomic mass is 10.1. The number of thiophene rings is 1. The van der Waals surface area contributed by atoms with Crippen LogP contribution in [-0.4, -0.2) is 29.2 Å². The van der Waals surface area contributed by atoms with E-state index in [1.807, 2.05) is 16.8 Å². The summed E-state index contributed by atoms with van der Waals surface area (Å²) in [6.45, 7) is 0.141. The molecule has 0 bridgehead atoms. The molecule has 0 saturated carbocycles. The highest BCUT2D eigenvalue weighted by Crippen LogP contribution is 2.21. The summed E-state index contributed by atoms with van der Waals surface area (Å²) < 4.78 is 0. The number of nitrogens with zero attached hydrogens (tertiary/aromatic N) is 1. The van der Waals surface area contributed by atoms with Crippen molar-refractivity contribution in [3.05, 3.63) is 57.8 Å². The van der Waals surface area contributed by atoms with Crippen LogP contribution in [0.2, 0.25) is 0 Å². The van der Waals surface area contributed by atoms with Gasteiger partial charge in [0.15, 0.2) is 0 Å². The van der Waals surface area contributed by atoms with Crippen LogP contribution in [0.3, 0.4) is 0 Å². The molecule has 2 aromatic rings. The first-order valence-corrected chi connectivity index (χ1v) is 7.34. The summed E-state index contributed by atoms with van der Waals surface area (Å²) in [6.07, 6.45) is 0. The van der Waals surface area contributed by atoms with Gasteiger partial charge in [-0.15, -0.1) is 0 Å². The van der Waals surface area contributed by atoms with Crippen LogP contribution in [0.25, 0.3) is 0 Å². The third-order valence-electron chi connectivity index (χ3n) is 3.25. The molecule has 3 rings (SSSR count). The normalized spacial score (nSPS) is 13.4. The zero-order valence-corrected chi connectivity index (χ0v) is 11.9. The van der Waals surface area contributed by atoms with Crippen LogP contribution >= 0.6 is 11.3 Å². The highest BCUT2D eigenvalue weighted by Gasteiger charge is 2.36. The van der Waals surface area contributed by atoms with Gasteiger partial charge in [-0.05, 0) is 34.5 Å². The van der Waals surface area contributed by atoms with E-state index in [1.165, 1.54) is 0 Å². The van der Waals surface area contributed by atoms with E-state index in [4.69, 9.17) is 0 Å². The molecule has 0 fully saturated rings. The number of carbonyl (C=O) groups is 3. The Morgan fingerprint density at radius 2 is 1.76 bits per heavy atom. The average Bonchev–Trinajstić information content (AvgIpc) is 3.09. The van der Waals surface area contributed by atoms with Crippen molar-refractivity contribution in [2.24, 2.45) is 0 Å². The van der Waals surface area contributed by atoms with Crippen LogP contribution in [0.4, 0.5) is 0 Å². The molecule has 21 heavy (non-hydrogen) atoms. The fourth-order valence-electron chi connectivity index (χ4n) is 2.18. The predicted molar refractivity (Wildman–Crippen MR) is 78.0 cm³/mol. The molecule has 0 unspecified atom stereocenters. The lowest BCUT2D eigenvalue weighted by Gasteiger charge is -2.13. The first-order valence-electron chi connectivity index (χ1n) is 6.40. The van der Waals surface area contributed by atoms with Gasteiger partial charge in [0.1, 0.15) is 6.54 Å². The summed E-state index contributed by atoms with van der Waals surface area (Å²) in [7, 11) is 0. The Hall–Kier alpha value is -2.47. The van der Waals surface area contributed by atoms with Crippen LogP contribution in [-0.2, 0) is 11.3 Å². The molecule has 2 heterocycles. The molecule has 6 heteroatoms. The zero-order chi connectivity index (χ0) is 14.8. The molecule has 5 nitrogen and oxygen atoms in total. The van der Waals surface area contributed by atoms with Crippen molar-refractivity contribution in [1.82, 2.24) is 10.2 Å². The topological polar surface area (TPSA) is 66.5 Å². The van der Waals surface area contributed by atoms with Gasteiger partial charge in [0, 0.05) is 6.54 Å². The third kappa shape index (κ3) is 2.57. The van der Waals surface area contributed by atoms with Crippen molar-refractivity contribution in [3.63, 3.8) is 0 Å². The lowest BCUT2D eigenvalue weighted by Crippen LogP contribution is -2.40. The number of carbonyl (C=O) groups excluding carboxylic acids is 3. The number of nitrogens with one attached hydrogen (secondary N) is 1. The average molecular weight is 300 g/mol. The summed E-state index contributed by atoms with van der Waals surface area (Å²) in [5.41, 5.74) is 1.71. The SMILES string of the molecule is O=C(CN1C(=O)c2ccccc2C1=O)NCc1ccsc1. The molecule has 0 spiro atoms. The molecule has 0 atom stereocenters. The molecular weight excluding hydrogens is 288 g/mol. The number of hydrogen-bond acceptors (Lipinski definition) is 4.